The fourth-order valence-corrected chi connectivity index (χ4v) is 4.14. The van der Waals surface area contributed by atoms with Crippen LogP contribution in [0.25, 0.3) is 0 Å². The van der Waals surface area contributed by atoms with Crippen LogP contribution in [0.15, 0.2) is 34.9 Å². The first-order chi connectivity index (χ1) is 12.7. The molecule has 1 atom stereocenters. The number of likely N-dealkylation sites (tertiary alicyclic amines) is 2. The van der Waals surface area contributed by atoms with E-state index >= 15 is 0 Å². The van der Waals surface area contributed by atoms with Crippen molar-refractivity contribution in [3.63, 3.8) is 0 Å². The number of nitrogens with zero attached hydrogens (tertiary/aromatic N) is 3. The smallest absolute Gasteiger partial charge is 0.237 e. The Hall–Kier alpha value is -1.85. The third-order valence-corrected chi connectivity index (χ3v) is 5.68. The molecule has 138 valence electrons. The van der Waals surface area contributed by atoms with E-state index in [0.29, 0.717) is 18.9 Å². The van der Waals surface area contributed by atoms with E-state index < -0.39 is 0 Å². The van der Waals surface area contributed by atoms with Gasteiger partial charge in [-0.2, -0.15) is 0 Å². The number of amides is 1. The van der Waals surface area contributed by atoms with Gasteiger partial charge in [0.2, 0.25) is 11.8 Å². The van der Waals surface area contributed by atoms with Crippen LogP contribution in [0.4, 0.5) is 0 Å². The van der Waals surface area contributed by atoms with E-state index in [9.17, 15) is 4.79 Å². The van der Waals surface area contributed by atoms with Crippen molar-refractivity contribution < 1.29 is 9.21 Å². The van der Waals surface area contributed by atoms with Crippen molar-refractivity contribution >= 4 is 17.5 Å². The number of oxazole rings is 1. The molecular weight excluding hydrogens is 350 g/mol. The maximum absolute atomic E-state index is 12.7. The SMILES string of the molecule is O=C(CN1CCCC1)N1CCC[C@@H]1c1ncc(Cc2ccccc2Cl)o1. The Morgan fingerprint density at radius 3 is 2.81 bits per heavy atom. The lowest BCUT2D eigenvalue weighted by atomic mass is 10.1. The summed E-state index contributed by atoms with van der Waals surface area (Å²) in [6.07, 6.45) is 6.68. The average Bonchev–Trinajstić information content (AvgIpc) is 3.37. The van der Waals surface area contributed by atoms with Gasteiger partial charge in [0, 0.05) is 18.0 Å². The topological polar surface area (TPSA) is 49.6 Å². The highest BCUT2D eigenvalue weighted by atomic mass is 35.5. The lowest BCUT2D eigenvalue weighted by molar-refractivity contribution is -0.133. The second kappa shape index (κ2) is 7.80. The zero-order chi connectivity index (χ0) is 17.9. The fraction of sp³-hybridized carbons (Fsp3) is 0.500. The summed E-state index contributed by atoms with van der Waals surface area (Å²) in [5.41, 5.74) is 1.02. The zero-order valence-corrected chi connectivity index (χ0v) is 15.6. The van der Waals surface area contributed by atoms with Gasteiger partial charge in [0.15, 0.2) is 0 Å². The summed E-state index contributed by atoms with van der Waals surface area (Å²) in [7, 11) is 0. The van der Waals surface area contributed by atoms with Crippen LogP contribution in [0, 0.1) is 0 Å². The summed E-state index contributed by atoms with van der Waals surface area (Å²) >= 11 is 6.23. The average molecular weight is 374 g/mol. The van der Waals surface area contributed by atoms with Crippen LogP contribution in [-0.4, -0.2) is 46.9 Å². The minimum Gasteiger partial charge on any atom is -0.443 e. The Balaban J connectivity index is 1.44. The van der Waals surface area contributed by atoms with Gasteiger partial charge in [-0.3, -0.25) is 9.69 Å². The van der Waals surface area contributed by atoms with Crippen molar-refractivity contribution in [3.05, 3.63) is 52.7 Å². The molecule has 2 aliphatic heterocycles. The molecule has 3 heterocycles. The molecule has 0 saturated carbocycles. The Morgan fingerprint density at radius 1 is 1.19 bits per heavy atom. The number of aromatic nitrogens is 1. The summed E-state index contributed by atoms with van der Waals surface area (Å²) < 4.78 is 6.00. The number of halogens is 1. The van der Waals surface area contributed by atoms with Gasteiger partial charge in [0.05, 0.1) is 12.7 Å². The highest BCUT2D eigenvalue weighted by Crippen LogP contribution is 2.32. The van der Waals surface area contributed by atoms with Crippen LogP contribution in [0.5, 0.6) is 0 Å². The van der Waals surface area contributed by atoms with Crippen LogP contribution >= 0.6 is 11.6 Å². The lowest BCUT2D eigenvalue weighted by Crippen LogP contribution is -2.39. The maximum Gasteiger partial charge on any atom is 0.237 e. The summed E-state index contributed by atoms with van der Waals surface area (Å²) in [6, 6.07) is 7.72. The van der Waals surface area contributed by atoms with E-state index in [4.69, 9.17) is 16.0 Å². The molecule has 1 aromatic heterocycles. The first-order valence-corrected chi connectivity index (χ1v) is 9.78. The van der Waals surface area contributed by atoms with Crippen LogP contribution in [0.1, 0.15) is 48.9 Å². The van der Waals surface area contributed by atoms with Crippen molar-refractivity contribution in [3.8, 4) is 0 Å². The second-order valence-corrected chi connectivity index (χ2v) is 7.57. The first kappa shape index (κ1) is 17.6. The molecule has 1 amide bonds. The number of rotatable bonds is 5. The van der Waals surface area contributed by atoms with Crippen LogP contribution < -0.4 is 0 Å². The van der Waals surface area contributed by atoms with Crippen molar-refractivity contribution in [2.24, 2.45) is 0 Å². The van der Waals surface area contributed by atoms with Crippen molar-refractivity contribution in [2.45, 2.75) is 38.1 Å². The summed E-state index contributed by atoms with van der Waals surface area (Å²) in [5, 5.41) is 0.730. The number of carbonyl (C=O) groups excluding carboxylic acids is 1. The fourth-order valence-electron chi connectivity index (χ4n) is 3.93. The van der Waals surface area contributed by atoms with Crippen LogP contribution in [0.3, 0.4) is 0 Å². The van der Waals surface area contributed by atoms with Gasteiger partial charge in [0.1, 0.15) is 11.8 Å². The van der Waals surface area contributed by atoms with E-state index in [2.05, 4.69) is 9.88 Å². The molecule has 0 N–H and O–H groups in total. The number of carbonyl (C=O) groups is 1. The zero-order valence-electron chi connectivity index (χ0n) is 14.9. The van der Waals surface area contributed by atoms with Gasteiger partial charge < -0.3 is 9.32 Å². The molecule has 1 aromatic carbocycles. The Morgan fingerprint density at radius 2 is 2.00 bits per heavy atom. The monoisotopic (exact) mass is 373 g/mol. The first-order valence-electron chi connectivity index (χ1n) is 9.40. The minimum atomic E-state index is -0.0369. The molecule has 4 rings (SSSR count). The van der Waals surface area contributed by atoms with Crippen LogP contribution in [0.2, 0.25) is 5.02 Å². The predicted octanol–water partition coefficient (Wildman–Crippen LogP) is 3.68. The van der Waals surface area contributed by atoms with Gasteiger partial charge in [-0.15, -0.1) is 0 Å². The maximum atomic E-state index is 12.7. The van der Waals surface area contributed by atoms with E-state index in [1.54, 1.807) is 6.20 Å². The van der Waals surface area contributed by atoms with Gasteiger partial charge >= 0.3 is 0 Å². The van der Waals surface area contributed by atoms with Gasteiger partial charge in [-0.1, -0.05) is 29.8 Å². The molecule has 2 saturated heterocycles. The third kappa shape index (κ3) is 3.79. The lowest BCUT2D eigenvalue weighted by Gasteiger charge is -2.25. The molecule has 2 aromatic rings. The second-order valence-electron chi connectivity index (χ2n) is 7.16. The van der Waals surface area contributed by atoms with E-state index in [0.717, 1.165) is 48.8 Å². The van der Waals surface area contributed by atoms with Gasteiger partial charge in [0.25, 0.3) is 0 Å². The standard InChI is InChI=1S/C20H24ClN3O2/c21-17-7-2-1-6-15(17)12-16-13-22-20(26-16)18-8-5-11-24(18)19(25)14-23-9-3-4-10-23/h1-2,6-7,13,18H,3-5,8-12,14H2/t18-/m1/s1. The van der Waals surface area contributed by atoms with Crippen molar-refractivity contribution in [2.75, 3.05) is 26.2 Å². The number of hydrogen-bond donors (Lipinski definition) is 0. The normalized spacial score (nSPS) is 20.8. The highest BCUT2D eigenvalue weighted by molar-refractivity contribution is 6.31. The highest BCUT2D eigenvalue weighted by Gasteiger charge is 2.34. The molecule has 26 heavy (non-hydrogen) atoms. The summed E-state index contributed by atoms with van der Waals surface area (Å²) in [6.45, 7) is 3.37. The largest absolute Gasteiger partial charge is 0.443 e. The molecule has 5 nitrogen and oxygen atoms in total. The van der Waals surface area contributed by atoms with Gasteiger partial charge in [-0.25, -0.2) is 4.98 Å². The molecule has 0 bridgehead atoms. The molecule has 0 unspecified atom stereocenters. The Labute approximate surface area is 158 Å². The molecular formula is C20H24ClN3O2. The van der Waals surface area contributed by atoms with E-state index in [1.807, 2.05) is 29.2 Å². The quantitative estimate of drug-likeness (QED) is 0.802. The number of hydrogen-bond acceptors (Lipinski definition) is 4. The van der Waals surface area contributed by atoms with E-state index in [-0.39, 0.29) is 11.9 Å². The molecule has 0 radical (unpaired) electrons. The van der Waals surface area contributed by atoms with Crippen molar-refractivity contribution in [1.82, 2.24) is 14.8 Å². The van der Waals surface area contributed by atoms with Crippen molar-refractivity contribution in [1.29, 1.82) is 0 Å². The molecule has 2 fully saturated rings. The van der Waals surface area contributed by atoms with Gasteiger partial charge in [-0.05, 0) is 50.4 Å². The Kier molecular flexibility index (Phi) is 5.27. The van der Waals surface area contributed by atoms with Crippen LogP contribution in [-0.2, 0) is 11.2 Å². The molecule has 0 spiro atoms. The molecule has 2 aliphatic rings. The summed E-state index contributed by atoms with van der Waals surface area (Å²) in [5.74, 6) is 1.63. The number of benzene rings is 1. The van der Waals surface area contributed by atoms with E-state index in [1.165, 1.54) is 12.8 Å². The third-order valence-electron chi connectivity index (χ3n) is 5.31. The summed E-state index contributed by atoms with van der Waals surface area (Å²) in [4.78, 5) is 21.4. The molecule has 0 aliphatic carbocycles. The predicted molar refractivity (Wildman–Crippen MR) is 100 cm³/mol. The molecule has 6 heteroatoms. The Bertz CT molecular complexity index is 770. The minimum absolute atomic E-state index is 0.0369.